The molecule has 2 heteroatoms. The van der Waals surface area contributed by atoms with E-state index in [1.165, 1.54) is 0 Å². The van der Waals surface area contributed by atoms with E-state index in [0.717, 1.165) is 13.2 Å². The molecule has 1 saturated heterocycles. The van der Waals surface area contributed by atoms with E-state index in [0.29, 0.717) is 6.10 Å². The van der Waals surface area contributed by atoms with Gasteiger partial charge in [0.1, 0.15) is 6.10 Å². The van der Waals surface area contributed by atoms with Crippen molar-refractivity contribution >= 4 is 0 Å². The van der Waals surface area contributed by atoms with Gasteiger partial charge in [0.25, 0.3) is 0 Å². The quantitative estimate of drug-likeness (QED) is 0.636. The molecule has 0 saturated carbocycles. The molecule has 2 nitrogen and oxygen atoms in total. The number of hydrogen-bond donors (Lipinski definition) is 0. The van der Waals surface area contributed by atoms with Crippen LogP contribution in [0.1, 0.15) is 34.6 Å². The Morgan fingerprint density at radius 3 is 1.83 bits per heavy atom. The predicted molar refractivity (Wildman–Crippen MR) is 49.2 cm³/mol. The minimum absolute atomic E-state index is 0.0680. The Labute approximate surface area is 75.2 Å². The summed E-state index contributed by atoms with van der Waals surface area (Å²) in [5, 5.41) is 0. The van der Waals surface area contributed by atoms with Crippen LogP contribution in [0.4, 0.5) is 0 Å². The highest BCUT2D eigenvalue weighted by Crippen LogP contribution is 2.34. The first-order valence-electron chi connectivity index (χ1n) is 4.58. The first kappa shape index (κ1) is 10.0. The van der Waals surface area contributed by atoms with Crippen LogP contribution >= 0.6 is 0 Å². The molecule has 72 valence electrons. The maximum atomic E-state index is 5.91. The van der Waals surface area contributed by atoms with Gasteiger partial charge in [-0.1, -0.05) is 20.8 Å². The van der Waals surface area contributed by atoms with Gasteiger partial charge in [-0.15, -0.1) is 0 Å². The Morgan fingerprint density at radius 2 is 1.58 bits per heavy atom. The average Bonchev–Trinajstić information content (AvgIpc) is 1.76. The van der Waals surface area contributed by atoms with Crippen molar-refractivity contribution in [2.24, 2.45) is 5.41 Å². The summed E-state index contributed by atoms with van der Waals surface area (Å²) >= 11 is 0. The van der Waals surface area contributed by atoms with Gasteiger partial charge in [-0.05, 0) is 19.3 Å². The minimum atomic E-state index is -0.0680. The second-order valence-corrected chi connectivity index (χ2v) is 5.04. The summed E-state index contributed by atoms with van der Waals surface area (Å²) in [6.07, 6.45) is 0.319. The topological polar surface area (TPSA) is 18.5 Å². The number of ether oxygens (including phenoxy) is 2. The molecule has 0 aromatic carbocycles. The van der Waals surface area contributed by atoms with Gasteiger partial charge in [-0.25, -0.2) is 0 Å². The van der Waals surface area contributed by atoms with Crippen molar-refractivity contribution in [1.82, 2.24) is 0 Å². The molecular formula is C10H20O2. The molecule has 1 aliphatic heterocycles. The van der Waals surface area contributed by atoms with Crippen LogP contribution in [0.2, 0.25) is 0 Å². The van der Waals surface area contributed by atoms with Crippen LogP contribution in [0.5, 0.6) is 0 Å². The zero-order chi connectivity index (χ0) is 9.41. The summed E-state index contributed by atoms with van der Waals surface area (Å²) in [6, 6.07) is 0. The fourth-order valence-corrected chi connectivity index (χ4v) is 0.876. The molecule has 1 rings (SSSR count). The van der Waals surface area contributed by atoms with E-state index >= 15 is 0 Å². The van der Waals surface area contributed by atoms with Crippen molar-refractivity contribution < 1.29 is 9.47 Å². The summed E-state index contributed by atoms with van der Waals surface area (Å²) < 4.78 is 11.0. The smallest absolute Gasteiger partial charge is 0.105 e. The van der Waals surface area contributed by atoms with E-state index in [2.05, 4.69) is 34.6 Å². The zero-order valence-corrected chi connectivity index (χ0v) is 8.81. The Balaban J connectivity index is 2.46. The van der Waals surface area contributed by atoms with E-state index in [1.807, 2.05) is 0 Å². The fourth-order valence-electron chi connectivity index (χ4n) is 0.876. The lowest BCUT2D eigenvalue weighted by Crippen LogP contribution is -2.48. The summed E-state index contributed by atoms with van der Waals surface area (Å²) in [5.41, 5.74) is 0.115. The van der Waals surface area contributed by atoms with Crippen LogP contribution in [-0.4, -0.2) is 24.9 Å². The molecule has 1 aliphatic rings. The Bertz CT molecular complexity index is 152. The summed E-state index contributed by atoms with van der Waals surface area (Å²) in [6.45, 7) is 12.4. The van der Waals surface area contributed by atoms with Crippen molar-refractivity contribution in [3.8, 4) is 0 Å². The molecule has 0 N–H and O–H groups in total. The lowest BCUT2D eigenvalue weighted by molar-refractivity contribution is -0.209. The molecule has 0 aliphatic carbocycles. The second kappa shape index (κ2) is 3.00. The van der Waals surface area contributed by atoms with Crippen molar-refractivity contribution in [1.29, 1.82) is 0 Å². The highest BCUT2D eigenvalue weighted by molar-refractivity contribution is 4.86. The molecule has 0 bridgehead atoms. The third kappa shape index (κ3) is 1.99. The van der Waals surface area contributed by atoms with Crippen LogP contribution in [0.3, 0.4) is 0 Å². The fraction of sp³-hybridized carbons (Fsp3) is 1.00. The molecule has 12 heavy (non-hydrogen) atoms. The second-order valence-electron chi connectivity index (χ2n) is 5.04. The third-order valence-corrected chi connectivity index (χ3v) is 2.87. The van der Waals surface area contributed by atoms with Crippen LogP contribution < -0.4 is 0 Å². The van der Waals surface area contributed by atoms with E-state index in [4.69, 9.17) is 9.47 Å². The van der Waals surface area contributed by atoms with Gasteiger partial charge in [0, 0.05) is 0 Å². The average molecular weight is 172 g/mol. The predicted octanol–water partition coefficient (Wildman–Crippen LogP) is 2.23. The van der Waals surface area contributed by atoms with E-state index in [-0.39, 0.29) is 11.0 Å². The van der Waals surface area contributed by atoms with Crippen molar-refractivity contribution in [3.05, 3.63) is 0 Å². The van der Waals surface area contributed by atoms with Gasteiger partial charge in [-0.3, -0.25) is 0 Å². The van der Waals surface area contributed by atoms with Crippen molar-refractivity contribution in [2.75, 3.05) is 13.2 Å². The number of hydrogen-bond acceptors (Lipinski definition) is 2. The van der Waals surface area contributed by atoms with Gasteiger partial charge in [0.05, 0.1) is 18.8 Å². The van der Waals surface area contributed by atoms with E-state index in [9.17, 15) is 0 Å². The van der Waals surface area contributed by atoms with Crippen molar-refractivity contribution in [2.45, 2.75) is 46.3 Å². The Morgan fingerprint density at radius 1 is 1.08 bits per heavy atom. The normalized spacial score (nSPS) is 20.8. The molecule has 0 spiro atoms. The lowest BCUT2D eigenvalue weighted by atomic mass is 9.79. The van der Waals surface area contributed by atoms with Gasteiger partial charge in [0.2, 0.25) is 0 Å². The van der Waals surface area contributed by atoms with Gasteiger partial charge in [0.15, 0.2) is 0 Å². The molecule has 0 aromatic rings. The molecule has 1 heterocycles. The largest absolute Gasteiger partial charge is 0.376 e. The molecule has 0 radical (unpaired) electrons. The van der Waals surface area contributed by atoms with E-state index < -0.39 is 0 Å². The molecule has 0 atom stereocenters. The number of rotatable bonds is 2. The maximum Gasteiger partial charge on any atom is 0.105 e. The SMILES string of the molecule is CC(C)(C)C(C)(C)OC1COC1. The maximum absolute atomic E-state index is 5.91. The first-order chi connectivity index (χ1) is 5.33. The highest BCUT2D eigenvalue weighted by atomic mass is 16.6. The van der Waals surface area contributed by atoms with Gasteiger partial charge in [-0.2, -0.15) is 0 Å². The van der Waals surface area contributed by atoms with Gasteiger partial charge >= 0.3 is 0 Å². The van der Waals surface area contributed by atoms with Crippen LogP contribution in [0.25, 0.3) is 0 Å². The van der Waals surface area contributed by atoms with Crippen LogP contribution in [-0.2, 0) is 9.47 Å². The summed E-state index contributed by atoms with van der Waals surface area (Å²) in [4.78, 5) is 0. The standard InChI is InChI=1S/C10H20O2/c1-9(2,3)10(4,5)12-8-6-11-7-8/h8H,6-7H2,1-5H3. The summed E-state index contributed by atoms with van der Waals surface area (Å²) in [5.74, 6) is 0. The molecule has 0 aromatic heterocycles. The van der Waals surface area contributed by atoms with E-state index in [1.54, 1.807) is 0 Å². The molecule has 1 fully saturated rings. The molecule has 0 unspecified atom stereocenters. The van der Waals surface area contributed by atoms with Crippen LogP contribution in [0.15, 0.2) is 0 Å². The van der Waals surface area contributed by atoms with Crippen molar-refractivity contribution in [3.63, 3.8) is 0 Å². The third-order valence-electron chi connectivity index (χ3n) is 2.87. The first-order valence-corrected chi connectivity index (χ1v) is 4.58. The minimum Gasteiger partial charge on any atom is -0.376 e. The van der Waals surface area contributed by atoms with Crippen LogP contribution in [0, 0.1) is 5.41 Å². The molecule has 0 amide bonds. The van der Waals surface area contributed by atoms with Gasteiger partial charge < -0.3 is 9.47 Å². The molecular weight excluding hydrogens is 152 g/mol. The lowest BCUT2D eigenvalue weighted by Gasteiger charge is -2.43. The monoisotopic (exact) mass is 172 g/mol. The summed E-state index contributed by atoms with van der Waals surface area (Å²) in [7, 11) is 0. The Kier molecular flexibility index (Phi) is 2.50. The Hall–Kier alpha value is -0.0800. The highest BCUT2D eigenvalue weighted by Gasteiger charge is 2.37. The zero-order valence-electron chi connectivity index (χ0n) is 8.81.